The molecule has 10 nitrogen and oxygen atoms in total. The predicted molar refractivity (Wildman–Crippen MR) is 161 cm³/mol. The van der Waals surface area contributed by atoms with E-state index in [0.29, 0.717) is 5.02 Å². The molecule has 0 fully saturated rings. The molecule has 2 aromatic heterocycles. The van der Waals surface area contributed by atoms with Gasteiger partial charge in [-0.2, -0.15) is 0 Å². The van der Waals surface area contributed by atoms with Gasteiger partial charge < -0.3 is 20.6 Å². The van der Waals surface area contributed by atoms with Gasteiger partial charge in [0.15, 0.2) is 11.6 Å². The zero-order valence-corrected chi connectivity index (χ0v) is 25.2. The molecular weight excluding hydrogens is 552 g/mol. The number of hydrogen-bond donors (Lipinski definition) is 2. The molecule has 0 bridgehead atoms. The van der Waals surface area contributed by atoms with Crippen LogP contribution in [-0.4, -0.2) is 67.9 Å². The first kappa shape index (κ1) is 28.1. The highest BCUT2D eigenvalue weighted by Crippen LogP contribution is 2.43. The van der Waals surface area contributed by atoms with Crippen LogP contribution in [0.3, 0.4) is 0 Å². The first-order valence-electron chi connectivity index (χ1n) is 14.0. The molecule has 4 N–H and O–H groups in total. The number of halogens is 1. The van der Waals surface area contributed by atoms with Crippen molar-refractivity contribution in [3.8, 4) is 11.1 Å². The lowest BCUT2D eigenvalue weighted by Crippen LogP contribution is -2.34. The van der Waals surface area contributed by atoms with Gasteiger partial charge in [-0.25, -0.2) is 9.97 Å². The standard InChI is InChI=1S/C31H35ClN8O2/c1-16-17(8-6-9-18(16)26-24-21(12-14-37(26)2)39(4)30(35-24)28(33)41)19-10-7-11-20(23(19)32)27-25-22(13-15-38(27)3)40(5)31(36-25)29(34)42/h6-11,26-27H,12-15H2,1-5H3,(H2,33,41)(H2,34,42). The molecule has 42 heavy (non-hydrogen) atoms. The monoisotopic (exact) mass is 586 g/mol. The summed E-state index contributed by atoms with van der Waals surface area (Å²) in [6.07, 6.45) is 1.55. The molecular formula is C31H35ClN8O2. The molecule has 0 saturated heterocycles. The van der Waals surface area contributed by atoms with E-state index < -0.39 is 11.8 Å². The molecule has 2 aliphatic rings. The fourth-order valence-electron chi connectivity index (χ4n) is 6.80. The van der Waals surface area contributed by atoms with Crippen molar-refractivity contribution in [3.05, 3.63) is 92.5 Å². The minimum atomic E-state index is -0.549. The molecule has 0 saturated carbocycles. The summed E-state index contributed by atoms with van der Waals surface area (Å²) < 4.78 is 3.63. The SMILES string of the molecule is Cc1c(-c2cccc(C3c4nc(C(N)=O)n(C)c4CCN3C)c2Cl)cccc1C1c2nc(C(N)=O)n(C)c2CCN1C. The molecule has 4 heterocycles. The Bertz CT molecular complexity index is 1630. The van der Waals surface area contributed by atoms with E-state index >= 15 is 0 Å². The van der Waals surface area contributed by atoms with Crippen LogP contribution in [0.15, 0.2) is 36.4 Å². The summed E-state index contributed by atoms with van der Waals surface area (Å²) in [4.78, 5) is 38.1. The van der Waals surface area contributed by atoms with E-state index in [0.717, 1.165) is 76.5 Å². The molecule has 2 aromatic carbocycles. The Morgan fingerprint density at radius 2 is 1.21 bits per heavy atom. The number of fused-ring (bicyclic) bond motifs is 2. The lowest BCUT2D eigenvalue weighted by molar-refractivity contribution is 0.0979. The number of primary amides is 2. The maximum Gasteiger partial charge on any atom is 0.284 e. The quantitative estimate of drug-likeness (QED) is 0.370. The third kappa shape index (κ3) is 4.24. The number of aromatic nitrogens is 4. The van der Waals surface area contributed by atoms with E-state index in [4.69, 9.17) is 28.1 Å². The average molecular weight is 587 g/mol. The molecule has 4 aromatic rings. The number of rotatable bonds is 5. The fraction of sp³-hybridized carbons (Fsp3) is 0.355. The van der Waals surface area contributed by atoms with E-state index in [1.54, 1.807) is 4.57 Å². The number of nitrogens with zero attached hydrogens (tertiary/aromatic N) is 6. The average Bonchev–Trinajstić information content (AvgIpc) is 3.46. The number of imidazole rings is 2. The van der Waals surface area contributed by atoms with Crippen molar-refractivity contribution in [2.75, 3.05) is 27.2 Å². The van der Waals surface area contributed by atoms with Crippen molar-refractivity contribution in [1.29, 1.82) is 0 Å². The topological polar surface area (TPSA) is 128 Å². The fourth-order valence-corrected chi connectivity index (χ4v) is 7.13. The second-order valence-corrected chi connectivity index (χ2v) is 11.8. The molecule has 0 aliphatic carbocycles. The molecule has 11 heteroatoms. The Balaban J connectivity index is 1.47. The van der Waals surface area contributed by atoms with Gasteiger partial charge in [0.25, 0.3) is 11.8 Å². The van der Waals surface area contributed by atoms with Crippen molar-refractivity contribution in [3.63, 3.8) is 0 Å². The van der Waals surface area contributed by atoms with Crippen molar-refractivity contribution in [2.24, 2.45) is 25.6 Å². The van der Waals surface area contributed by atoms with Crippen LogP contribution in [0.4, 0.5) is 0 Å². The zero-order valence-electron chi connectivity index (χ0n) is 24.5. The zero-order chi connectivity index (χ0) is 30.0. The van der Waals surface area contributed by atoms with E-state index in [1.807, 2.05) is 50.0 Å². The third-order valence-electron chi connectivity index (χ3n) is 9.02. The minimum Gasteiger partial charge on any atom is -0.363 e. The van der Waals surface area contributed by atoms with Crippen molar-refractivity contribution in [1.82, 2.24) is 28.9 Å². The van der Waals surface area contributed by atoms with Crippen LogP contribution >= 0.6 is 11.6 Å². The Morgan fingerprint density at radius 3 is 1.71 bits per heavy atom. The number of nitrogens with two attached hydrogens (primary N) is 2. The van der Waals surface area contributed by atoms with Crippen LogP contribution in [-0.2, 0) is 26.9 Å². The maximum absolute atomic E-state index is 12.1. The number of likely N-dealkylation sites (N-methyl/N-ethyl adjacent to an activating group) is 2. The minimum absolute atomic E-state index is 0.136. The molecule has 2 aliphatic heterocycles. The summed E-state index contributed by atoms with van der Waals surface area (Å²) >= 11 is 7.27. The number of hydrogen-bond acceptors (Lipinski definition) is 6. The van der Waals surface area contributed by atoms with Crippen LogP contribution in [0.1, 0.15) is 72.8 Å². The van der Waals surface area contributed by atoms with E-state index in [9.17, 15) is 9.59 Å². The van der Waals surface area contributed by atoms with Gasteiger partial charge in [-0.3, -0.25) is 19.4 Å². The lowest BCUT2D eigenvalue weighted by atomic mass is 9.87. The highest BCUT2D eigenvalue weighted by Gasteiger charge is 2.36. The molecule has 6 rings (SSSR count). The van der Waals surface area contributed by atoms with Crippen LogP contribution in [0, 0.1) is 6.92 Å². The van der Waals surface area contributed by atoms with E-state index in [-0.39, 0.29) is 23.7 Å². The smallest absolute Gasteiger partial charge is 0.284 e. The Kier molecular flexibility index (Phi) is 6.95. The normalized spacial score (nSPS) is 19.0. The summed E-state index contributed by atoms with van der Waals surface area (Å²) in [5.74, 6) is -0.558. The van der Waals surface area contributed by atoms with Gasteiger partial charge in [0, 0.05) is 57.0 Å². The van der Waals surface area contributed by atoms with Crippen molar-refractivity contribution < 1.29 is 9.59 Å². The second kappa shape index (κ2) is 10.4. The molecule has 0 radical (unpaired) electrons. The Hall–Kier alpha value is -3.99. The van der Waals surface area contributed by atoms with Gasteiger partial charge in [0.1, 0.15) is 0 Å². The number of carbonyl (C=O) groups is 2. The summed E-state index contributed by atoms with van der Waals surface area (Å²) in [5, 5.41) is 0.639. The second-order valence-electron chi connectivity index (χ2n) is 11.4. The molecule has 2 unspecified atom stereocenters. The van der Waals surface area contributed by atoms with Crippen molar-refractivity contribution in [2.45, 2.75) is 31.8 Å². The van der Waals surface area contributed by atoms with Gasteiger partial charge in [-0.05, 0) is 43.3 Å². The van der Waals surface area contributed by atoms with E-state index in [2.05, 4.69) is 40.9 Å². The van der Waals surface area contributed by atoms with Crippen LogP contribution in [0.5, 0.6) is 0 Å². The molecule has 2 amide bonds. The largest absolute Gasteiger partial charge is 0.363 e. The highest BCUT2D eigenvalue weighted by atomic mass is 35.5. The number of benzene rings is 2. The van der Waals surface area contributed by atoms with Gasteiger partial charge >= 0.3 is 0 Å². The van der Waals surface area contributed by atoms with Gasteiger partial charge in [-0.15, -0.1) is 0 Å². The van der Waals surface area contributed by atoms with Gasteiger partial charge in [-0.1, -0.05) is 48.0 Å². The Morgan fingerprint density at radius 1 is 0.762 bits per heavy atom. The highest BCUT2D eigenvalue weighted by molar-refractivity contribution is 6.34. The van der Waals surface area contributed by atoms with Crippen LogP contribution in [0.2, 0.25) is 5.02 Å². The summed E-state index contributed by atoms with van der Waals surface area (Å²) in [5.41, 5.74) is 20.0. The molecule has 2 atom stereocenters. The molecule has 0 spiro atoms. The van der Waals surface area contributed by atoms with Crippen molar-refractivity contribution >= 4 is 23.4 Å². The first-order valence-corrected chi connectivity index (χ1v) is 14.4. The van der Waals surface area contributed by atoms with Gasteiger partial charge in [0.05, 0.1) is 28.5 Å². The molecule has 218 valence electrons. The summed E-state index contributed by atoms with van der Waals surface area (Å²) in [7, 11) is 7.81. The third-order valence-corrected chi connectivity index (χ3v) is 9.44. The van der Waals surface area contributed by atoms with Crippen LogP contribution in [0.25, 0.3) is 11.1 Å². The first-order chi connectivity index (χ1) is 20.0. The number of carbonyl (C=O) groups excluding carboxylic acids is 2. The Labute approximate surface area is 249 Å². The summed E-state index contributed by atoms with van der Waals surface area (Å²) in [6.45, 7) is 3.72. The summed E-state index contributed by atoms with van der Waals surface area (Å²) in [6, 6.07) is 12.0. The maximum atomic E-state index is 12.1. The lowest BCUT2D eigenvalue weighted by Gasteiger charge is -2.34. The number of amides is 2. The van der Waals surface area contributed by atoms with E-state index in [1.165, 1.54) is 0 Å². The van der Waals surface area contributed by atoms with Gasteiger partial charge in [0.2, 0.25) is 0 Å². The predicted octanol–water partition coefficient (Wildman–Crippen LogP) is 3.13. The van der Waals surface area contributed by atoms with Crippen LogP contribution < -0.4 is 11.5 Å².